The zero-order chi connectivity index (χ0) is 13.4. The Labute approximate surface area is 121 Å². The van der Waals surface area contributed by atoms with Gasteiger partial charge in [-0.25, -0.2) is 0 Å². The fraction of sp³-hybridized carbons (Fsp3) is 0.167. The minimum absolute atomic E-state index is 0.487. The summed E-state index contributed by atoms with van der Waals surface area (Å²) in [6, 6.07) is 5.86. The van der Waals surface area contributed by atoms with Crippen molar-refractivity contribution in [3.63, 3.8) is 0 Å². The second-order valence-electron chi connectivity index (χ2n) is 4.07. The van der Waals surface area contributed by atoms with Crippen LogP contribution in [0.15, 0.2) is 35.1 Å². The van der Waals surface area contributed by atoms with Crippen molar-refractivity contribution in [2.24, 2.45) is 0 Å². The molecule has 2 aromatic heterocycles. The first-order valence-corrected chi connectivity index (χ1v) is 8.34. The molecule has 1 aromatic carbocycles. The van der Waals surface area contributed by atoms with Crippen LogP contribution in [0.5, 0.6) is 0 Å². The summed E-state index contributed by atoms with van der Waals surface area (Å²) in [6.45, 7) is 0.599. The van der Waals surface area contributed by atoms with E-state index in [-0.39, 0.29) is 0 Å². The lowest BCUT2D eigenvalue weighted by molar-refractivity contribution is 0.654. The number of aromatic nitrogens is 3. The van der Waals surface area contributed by atoms with Gasteiger partial charge in [0.1, 0.15) is 6.33 Å². The minimum atomic E-state index is -1.14. The number of benzene rings is 1. The first-order valence-electron chi connectivity index (χ1n) is 5.52. The molecule has 0 aliphatic rings. The van der Waals surface area contributed by atoms with Crippen molar-refractivity contribution in [3.8, 4) is 0 Å². The number of hydrogen-bond acceptors (Lipinski definition) is 4. The molecule has 0 fully saturated rings. The Kier molecular flexibility index (Phi) is 3.38. The molecule has 0 amide bonds. The molecule has 0 N–H and O–H groups in total. The van der Waals surface area contributed by atoms with Crippen LogP contribution in [-0.4, -0.2) is 25.2 Å². The molecule has 19 heavy (non-hydrogen) atoms. The van der Waals surface area contributed by atoms with Gasteiger partial charge in [-0.05, 0) is 22.4 Å². The maximum atomic E-state index is 11.5. The number of rotatable bonds is 3. The third-order valence-corrected chi connectivity index (χ3v) is 5.15. The van der Waals surface area contributed by atoms with Crippen LogP contribution in [0, 0.1) is 0 Å². The highest BCUT2D eigenvalue weighted by molar-refractivity contribution is 7.84. The van der Waals surface area contributed by atoms with E-state index in [9.17, 15) is 4.21 Å². The molecule has 0 saturated heterocycles. The van der Waals surface area contributed by atoms with Gasteiger partial charge in [-0.2, -0.15) is 0 Å². The standard InChI is InChI=1S/C12H10ClN3OS2/c1-19(17)12-15-14-7-16(12)5-8-6-18-11-9(8)3-2-4-10(11)13/h2-4,6-7H,5H2,1H3. The normalized spacial score (nSPS) is 12.9. The number of halogens is 1. The van der Waals surface area contributed by atoms with Gasteiger partial charge in [0.2, 0.25) is 5.16 Å². The predicted octanol–water partition coefficient (Wildman–Crippen LogP) is 2.93. The minimum Gasteiger partial charge on any atom is -0.302 e. The monoisotopic (exact) mass is 311 g/mol. The van der Waals surface area contributed by atoms with E-state index < -0.39 is 10.8 Å². The fourth-order valence-electron chi connectivity index (χ4n) is 1.96. The molecule has 7 heteroatoms. The van der Waals surface area contributed by atoms with Crippen LogP contribution in [0.1, 0.15) is 5.56 Å². The predicted molar refractivity (Wildman–Crippen MR) is 78.3 cm³/mol. The number of fused-ring (bicyclic) bond motifs is 1. The molecule has 0 radical (unpaired) electrons. The second-order valence-corrected chi connectivity index (χ2v) is 6.63. The van der Waals surface area contributed by atoms with E-state index in [2.05, 4.69) is 15.6 Å². The summed E-state index contributed by atoms with van der Waals surface area (Å²) in [4.78, 5) is 0. The van der Waals surface area contributed by atoms with Gasteiger partial charge in [0.25, 0.3) is 0 Å². The van der Waals surface area contributed by atoms with Crippen LogP contribution in [0.25, 0.3) is 10.1 Å². The Hall–Kier alpha value is -1.24. The number of thiophene rings is 1. The smallest absolute Gasteiger partial charge is 0.221 e. The maximum absolute atomic E-state index is 11.5. The van der Waals surface area contributed by atoms with E-state index in [1.54, 1.807) is 28.5 Å². The molecule has 98 valence electrons. The van der Waals surface area contributed by atoms with Crippen LogP contribution >= 0.6 is 22.9 Å². The molecule has 3 aromatic rings. The molecule has 1 unspecified atom stereocenters. The summed E-state index contributed by atoms with van der Waals surface area (Å²) in [5.74, 6) is 0. The van der Waals surface area contributed by atoms with Gasteiger partial charge in [-0.1, -0.05) is 23.7 Å². The van der Waals surface area contributed by atoms with E-state index in [1.807, 2.05) is 18.2 Å². The Morgan fingerprint density at radius 2 is 2.32 bits per heavy atom. The van der Waals surface area contributed by atoms with Crippen molar-refractivity contribution >= 4 is 43.8 Å². The van der Waals surface area contributed by atoms with E-state index in [0.29, 0.717) is 11.7 Å². The largest absolute Gasteiger partial charge is 0.302 e. The first kappa shape index (κ1) is 12.8. The molecular formula is C12H10ClN3OS2. The molecule has 4 nitrogen and oxygen atoms in total. The summed E-state index contributed by atoms with van der Waals surface area (Å²) >= 11 is 7.78. The second kappa shape index (κ2) is 5.03. The van der Waals surface area contributed by atoms with Gasteiger partial charge >= 0.3 is 0 Å². The van der Waals surface area contributed by atoms with Crippen molar-refractivity contribution in [2.75, 3.05) is 6.26 Å². The lowest BCUT2D eigenvalue weighted by Crippen LogP contribution is -2.04. The Morgan fingerprint density at radius 3 is 3.11 bits per heavy atom. The average Bonchev–Trinajstić information content (AvgIpc) is 2.98. The van der Waals surface area contributed by atoms with Crippen molar-refractivity contribution in [1.29, 1.82) is 0 Å². The van der Waals surface area contributed by atoms with Gasteiger partial charge in [0.15, 0.2) is 0 Å². The highest BCUT2D eigenvalue weighted by Gasteiger charge is 2.12. The summed E-state index contributed by atoms with van der Waals surface area (Å²) in [7, 11) is -1.14. The van der Waals surface area contributed by atoms with Gasteiger partial charge in [-0.3, -0.25) is 4.21 Å². The summed E-state index contributed by atoms with van der Waals surface area (Å²) < 4.78 is 14.4. The zero-order valence-corrected chi connectivity index (χ0v) is 12.4. The fourth-order valence-corrected chi connectivity index (χ4v) is 3.84. The topological polar surface area (TPSA) is 47.8 Å². The molecule has 3 rings (SSSR count). The van der Waals surface area contributed by atoms with E-state index in [1.165, 1.54) is 0 Å². The highest BCUT2D eigenvalue weighted by atomic mass is 35.5. The Bertz CT molecular complexity index is 765. The summed E-state index contributed by atoms with van der Waals surface area (Å²) in [5.41, 5.74) is 1.13. The molecule has 2 heterocycles. The van der Waals surface area contributed by atoms with E-state index in [4.69, 9.17) is 11.6 Å². The van der Waals surface area contributed by atoms with Crippen LogP contribution in [-0.2, 0) is 17.3 Å². The van der Waals surface area contributed by atoms with Crippen LogP contribution < -0.4 is 0 Å². The van der Waals surface area contributed by atoms with Gasteiger partial charge < -0.3 is 4.57 Å². The van der Waals surface area contributed by atoms with E-state index in [0.717, 1.165) is 20.7 Å². The van der Waals surface area contributed by atoms with Crippen molar-refractivity contribution in [2.45, 2.75) is 11.7 Å². The van der Waals surface area contributed by atoms with Gasteiger partial charge in [0.05, 0.1) is 27.1 Å². The molecular weight excluding hydrogens is 302 g/mol. The number of nitrogens with zero attached hydrogens (tertiary/aromatic N) is 3. The SMILES string of the molecule is CS(=O)c1nncn1Cc1csc2c(Cl)cccc12. The van der Waals surface area contributed by atoms with Crippen molar-refractivity contribution in [3.05, 3.63) is 40.5 Å². The molecule has 0 saturated carbocycles. The molecule has 0 aliphatic heterocycles. The van der Waals surface area contributed by atoms with Gasteiger partial charge in [-0.15, -0.1) is 21.5 Å². The average molecular weight is 312 g/mol. The van der Waals surface area contributed by atoms with Crippen LogP contribution in [0.3, 0.4) is 0 Å². The molecule has 0 aliphatic carbocycles. The quantitative estimate of drug-likeness (QED) is 0.747. The zero-order valence-electron chi connectivity index (χ0n) is 10.0. The van der Waals surface area contributed by atoms with Crippen LogP contribution in [0.4, 0.5) is 0 Å². The summed E-state index contributed by atoms with van der Waals surface area (Å²) in [5, 5.41) is 12.1. The molecule has 0 bridgehead atoms. The first-order chi connectivity index (χ1) is 9.16. The summed E-state index contributed by atoms with van der Waals surface area (Å²) in [6.07, 6.45) is 3.20. The van der Waals surface area contributed by atoms with Gasteiger partial charge in [0, 0.05) is 6.26 Å². The Balaban J connectivity index is 2.04. The van der Waals surface area contributed by atoms with Crippen LogP contribution in [0.2, 0.25) is 5.02 Å². The Morgan fingerprint density at radius 1 is 1.47 bits per heavy atom. The molecule has 0 spiro atoms. The molecule has 1 atom stereocenters. The lowest BCUT2D eigenvalue weighted by atomic mass is 10.2. The third kappa shape index (κ3) is 2.31. The van der Waals surface area contributed by atoms with E-state index >= 15 is 0 Å². The number of hydrogen-bond donors (Lipinski definition) is 0. The highest BCUT2D eigenvalue weighted by Crippen LogP contribution is 2.32. The van der Waals surface area contributed by atoms with Crippen molar-refractivity contribution in [1.82, 2.24) is 14.8 Å². The maximum Gasteiger partial charge on any atom is 0.221 e. The third-order valence-electron chi connectivity index (χ3n) is 2.81. The van der Waals surface area contributed by atoms with Crippen molar-refractivity contribution < 1.29 is 4.21 Å². The lowest BCUT2D eigenvalue weighted by Gasteiger charge is -2.04.